The third kappa shape index (κ3) is 8.22. The lowest BCUT2D eigenvalue weighted by Crippen LogP contribution is -2.00. The molecule has 0 aliphatic heterocycles. The highest BCUT2D eigenvalue weighted by atomic mass is 35.5. The number of ether oxygens (including phenoxy) is 2. The van der Waals surface area contributed by atoms with Crippen molar-refractivity contribution in [2.75, 3.05) is 19.1 Å². The van der Waals surface area contributed by atoms with Crippen LogP contribution in [0.1, 0.15) is 57.4 Å². The summed E-state index contributed by atoms with van der Waals surface area (Å²) in [5, 5.41) is 4.95. The number of anilines is 1. The topological polar surface area (TPSA) is 42.8 Å². The zero-order chi connectivity index (χ0) is 20.0. The summed E-state index contributed by atoms with van der Waals surface area (Å²) in [4.78, 5) is 0. The van der Waals surface area contributed by atoms with E-state index < -0.39 is 0 Å². The van der Waals surface area contributed by atoms with E-state index in [1.165, 1.54) is 38.5 Å². The predicted molar refractivity (Wildman–Crippen MR) is 119 cm³/mol. The first-order valence-corrected chi connectivity index (χ1v) is 10.5. The summed E-state index contributed by atoms with van der Waals surface area (Å²) >= 11 is 5.88. The standard InChI is InChI=1S/C23H31ClN2O2/c1-3-4-5-6-7-8-9-16-28-22-15-10-19(17-23(22)27-2)18-25-26-21-13-11-20(24)12-14-21/h10-15,17-18,26H,3-9,16H2,1-2H3/b25-18+. The minimum absolute atomic E-state index is 0.700. The van der Waals surface area contributed by atoms with Gasteiger partial charge in [-0.15, -0.1) is 0 Å². The minimum Gasteiger partial charge on any atom is -0.493 e. The number of hydrogen-bond acceptors (Lipinski definition) is 4. The molecule has 0 atom stereocenters. The average Bonchev–Trinajstić information content (AvgIpc) is 2.72. The van der Waals surface area contributed by atoms with E-state index in [-0.39, 0.29) is 0 Å². The molecule has 0 aliphatic rings. The number of nitrogens with one attached hydrogen (secondary N) is 1. The Bertz CT molecular complexity index is 717. The smallest absolute Gasteiger partial charge is 0.161 e. The molecule has 0 saturated heterocycles. The van der Waals surface area contributed by atoms with Crippen LogP contribution < -0.4 is 14.9 Å². The second kappa shape index (κ2) is 13.1. The molecular weight excluding hydrogens is 372 g/mol. The maximum atomic E-state index is 5.90. The number of unbranched alkanes of at least 4 members (excludes halogenated alkanes) is 6. The fourth-order valence-electron chi connectivity index (χ4n) is 2.83. The summed E-state index contributed by atoms with van der Waals surface area (Å²) in [7, 11) is 1.66. The Morgan fingerprint density at radius 2 is 1.64 bits per heavy atom. The highest BCUT2D eigenvalue weighted by Crippen LogP contribution is 2.28. The summed E-state index contributed by atoms with van der Waals surface area (Å²) in [5.41, 5.74) is 4.79. The van der Waals surface area contributed by atoms with Gasteiger partial charge in [0.25, 0.3) is 0 Å². The quantitative estimate of drug-likeness (QED) is 0.224. The van der Waals surface area contributed by atoms with Crippen molar-refractivity contribution in [3.63, 3.8) is 0 Å². The molecule has 0 heterocycles. The van der Waals surface area contributed by atoms with Crippen LogP contribution in [-0.2, 0) is 0 Å². The van der Waals surface area contributed by atoms with Crippen LogP contribution in [0.25, 0.3) is 0 Å². The third-order valence-electron chi connectivity index (χ3n) is 4.44. The summed E-state index contributed by atoms with van der Waals surface area (Å²) in [5.74, 6) is 1.50. The molecule has 0 spiro atoms. The maximum Gasteiger partial charge on any atom is 0.161 e. The Morgan fingerprint density at radius 1 is 0.929 bits per heavy atom. The Labute approximate surface area is 173 Å². The maximum absolute atomic E-state index is 5.90. The first-order valence-electron chi connectivity index (χ1n) is 10.1. The molecule has 1 N–H and O–H groups in total. The molecular formula is C23H31ClN2O2. The number of rotatable bonds is 13. The van der Waals surface area contributed by atoms with Crippen molar-refractivity contribution in [2.45, 2.75) is 51.9 Å². The molecule has 0 fully saturated rings. The molecule has 0 radical (unpaired) electrons. The lowest BCUT2D eigenvalue weighted by Gasteiger charge is -2.11. The van der Waals surface area contributed by atoms with Crippen LogP contribution in [0.2, 0.25) is 5.02 Å². The van der Waals surface area contributed by atoms with Crippen molar-refractivity contribution in [3.8, 4) is 11.5 Å². The first kappa shape index (κ1) is 22.1. The van der Waals surface area contributed by atoms with Gasteiger partial charge in [-0.2, -0.15) is 5.10 Å². The molecule has 0 saturated carbocycles. The van der Waals surface area contributed by atoms with Gasteiger partial charge in [-0.1, -0.05) is 57.0 Å². The van der Waals surface area contributed by atoms with Crippen molar-refractivity contribution in [1.82, 2.24) is 0 Å². The van der Waals surface area contributed by atoms with Crippen LogP contribution >= 0.6 is 11.6 Å². The largest absolute Gasteiger partial charge is 0.493 e. The number of methoxy groups -OCH3 is 1. The lowest BCUT2D eigenvalue weighted by molar-refractivity contribution is 0.284. The van der Waals surface area contributed by atoms with E-state index in [9.17, 15) is 0 Å². The van der Waals surface area contributed by atoms with Crippen LogP contribution in [0, 0.1) is 0 Å². The number of benzene rings is 2. The normalized spacial score (nSPS) is 11.0. The van der Waals surface area contributed by atoms with Gasteiger partial charge in [-0.25, -0.2) is 0 Å². The predicted octanol–water partition coefficient (Wildman–Crippen LogP) is 6.92. The van der Waals surface area contributed by atoms with E-state index in [0.717, 1.165) is 35.8 Å². The van der Waals surface area contributed by atoms with Crippen molar-refractivity contribution in [1.29, 1.82) is 0 Å². The number of halogens is 1. The molecule has 4 nitrogen and oxygen atoms in total. The van der Waals surface area contributed by atoms with Gasteiger partial charge in [0.15, 0.2) is 11.5 Å². The van der Waals surface area contributed by atoms with Gasteiger partial charge in [0, 0.05) is 5.02 Å². The molecule has 2 aromatic carbocycles. The van der Waals surface area contributed by atoms with Crippen LogP contribution in [0.15, 0.2) is 47.6 Å². The van der Waals surface area contributed by atoms with E-state index >= 15 is 0 Å². The number of hydrogen-bond donors (Lipinski definition) is 1. The first-order chi connectivity index (χ1) is 13.7. The summed E-state index contributed by atoms with van der Waals surface area (Å²) < 4.78 is 11.4. The molecule has 0 unspecified atom stereocenters. The van der Waals surface area contributed by atoms with Gasteiger partial charge in [0.1, 0.15) is 0 Å². The summed E-state index contributed by atoms with van der Waals surface area (Å²) in [6, 6.07) is 13.2. The number of nitrogens with zero attached hydrogens (tertiary/aromatic N) is 1. The van der Waals surface area contributed by atoms with Crippen molar-refractivity contribution < 1.29 is 9.47 Å². The van der Waals surface area contributed by atoms with E-state index in [1.807, 2.05) is 42.5 Å². The molecule has 0 aliphatic carbocycles. The van der Waals surface area contributed by atoms with Crippen LogP contribution in [0.4, 0.5) is 5.69 Å². The minimum atomic E-state index is 0.700. The van der Waals surface area contributed by atoms with Gasteiger partial charge in [-0.3, -0.25) is 5.43 Å². The SMILES string of the molecule is CCCCCCCCCOc1ccc(/C=N/Nc2ccc(Cl)cc2)cc1OC. The van der Waals surface area contributed by atoms with E-state index in [1.54, 1.807) is 13.3 Å². The zero-order valence-electron chi connectivity index (χ0n) is 16.9. The summed E-state index contributed by atoms with van der Waals surface area (Å²) in [6.07, 6.45) is 10.6. The van der Waals surface area contributed by atoms with Gasteiger partial charge in [-0.05, 0) is 54.4 Å². The highest BCUT2D eigenvalue weighted by Gasteiger charge is 2.05. The number of hydrazone groups is 1. The lowest BCUT2D eigenvalue weighted by atomic mass is 10.1. The second-order valence-corrected chi connectivity index (χ2v) is 7.19. The van der Waals surface area contributed by atoms with Crippen molar-refractivity contribution >= 4 is 23.5 Å². The molecule has 0 bridgehead atoms. The van der Waals surface area contributed by atoms with Gasteiger partial charge >= 0.3 is 0 Å². The van der Waals surface area contributed by atoms with Gasteiger partial charge in [0.05, 0.1) is 25.6 Å². The molecule has 28 heavy (non-hydrogen) atoms. The Hall–Kier alpha value is -2.20. The van der Waals surface area contributed by atoms with E-state index in [4.69, 9.17) is 21.1 Å². The fourth-order valence-corrected chi connectivity index (χ4v) is 2.96. The molecule has 0 aromatic heterocycles. The fraction of sp³-hybridized carbons (Fsp3) is 0.435. The molecule has 152 valence electrons. The molecule has 5 heteroatoms. The third-order valence-corrected chi connectivity index (χ3v) is 4.70. The monoisotopic (exact) mass is 402 g/mol. The van der Waals surface area contributed by atoms with Crippen LogP contribution in [0.5, 0.6) is 11.5 Å². The molecule has 2 rings (SSSR count). The molecule has 2 aromatic rings. The second-order valence-electron chi connectivity index (χ2n) is 6.76. The van der Waals surface area contributed by atoms with Gasteiger partial charge in [0.2, 0.25) is 0 Å². The Morgan fingerprint density at radius 3 is 2.36 bits per heavy atom. The van der Waals surface area contributed by atoms with Gasteiger partial charge < -0.3 is 9.47 Å². The van der Waals surface area contributed by atoms with E-state index in [0.29, 0.717) is 5.02 Å². The van der Waals surface area contributed by atoms with Crippen molar-refractivity contribution in [3.05, 3.63) is 53.1 Å². The van der Waals surface area contributed by atoms with Crippen LogP contribution in [0.3, 0.4) is 0 Å². The highest BCUT2D eigenvalue weighted by molar-refractivity contribution is 6.30. The zero-order valence-corrected chi connectivity index (χ0v) is 17.7. The van der Waals surface area contributed by atoms with E-state index in [2.05, 4.69) is 17.5 Å². The average molecular weight is 403 g/mol. The Balaban J connectivity index is 1.77. The molecule has 0 amide bonds. The van der Waals surface area contributed by atoms with Crippen LogP contribution in [-0.4, -0.2) is 19.9 Å². The summed E-state index contributed by atoms with van der Waals surface area (Å²) in [6.45, 7) is 2.96. The van der Waals surface area contributed by atoms with Crippen molar-refractivity contribution in [2.24, 2.45) is 5.10 Å². The Kier molecular flexibility index (Phi) is 10.3.